The van der Waals surface area contributed by atoms with Crippen LogP contribution in [-0.2, 0) is 20.9 Å². The van der Waals surface area contributed by atoms with Gasteiger partial charge in [0.25, 0.3) is 0 Å². The monoisotopic (exact) mass is 370 g/mol. The molecular weight excluding hydrogens is 344 g/mol. The van der Waals surface area contributed by atoms with Gasteiger partial charge in [-0.2, -0.15) is 5.10 Å². The molecule has 0 spiro atoms. The largest absolute Gasteiger partial charge is 0.480 e. The van der Waals surface area contributed by atoms with Gasteiger partial charge >= 0.3 is 11.7 Å². The molecule has 1 unspecified atom stereocenters. The van der Waals surface area contributed by atoms with Crippen LogP contribution >= 0.6 is 0 Å². The number of nitrogens with zero attached hydrogens (tertiary/aromatic N) is 3. The lowest BCUT2D eigenvalue weighted by molar-refractivity contribution is -0.386. The fraction of sp³-hybridized carbons (Fsp3) is 0.688. The number of aryl methyl sites for hydroxylation is 2. The summed E-state index contributed by atoms with van der Waals surface area (Å²) in [5.74, 6) is -1.61. The summed E-state index contributed by atoms with van der Waals surface area (Å²) in [5, 5.41) is 26.7. The lowest BCUT2D eigenvalue weighted by Crippen LogP contribution is -2.42. The number of amides is 1. The molecule has 0 saturated heterocycles. The van der Waals surface area contributed by atoms with E-state index in [1.54, 1.807) is 6.92 Å². The van der Waals surface area contributed by atoms with Gasteiger partial charge in [-0.05, 0) is 34.6 Å². The normalized spacial score (nSPS) is 12.7. The average molecular weight is 370 g/mol. The smallest absolute Gasteiger partial charge is 0.326 e. The molecule has 0 aliphatic carbocycles. The zero-order chi connectivity index (χ0) is 20.1. The van der Waals surface area contributed by atoms with Crippen LogP contribution in [0.25, 0.3) is 0 Å². The summed E-state index contributed by atoms with van der Waals surface area (Å²) in [7, 11) is 0. The van der Waals surface area contributed by atoms with E-state index in [9.17, 15) is 24.8 Å². The number of ether oxygens (including phenoxy) is 1. The summed E-state index contributed by atoms with van der Waals surface area (Å²) in [6.07, 6.45) is 0.104. The van der Waals surface area contributed by atoms with Crippen molar-refractivity contribution in [2.45, 2.75) is 65.6 Å². The summed E-state index contributed by atoms with van der Waals surface area (Å²) in [6, 6.07) is -1.06. The van der Waals surface area contributed by atoms with Gasteiger partial charge in [-0.1, -0.05) is 0 Å². The van der Waals surface area contributed by atoms with E-state index in [4.69, 9.17) is 4.74 Å². The zero-order valence-electron chi connectivity index (χ0n) is 15.7. The number of aromatic nitrogens is 2. The molecule has 0 saturated carbocycles. The zero-order valence-corrected chi connectivity index (χ0v) is 15.7. The number of hydrogen-bond donors (Lipinski definition) is 2. The highest BCUT2D eigenvalue weighted by atomic mass is 16.6. The molecule has 0 fully saturated rings. The Kier molecular flexibility index (Phi) is 7.25. The number of nitrogens with one attached hydrogen (secondary N) is 1. The summed E-state index contributed by atoms with van der Waals surface area (Å²) in [5.41, 5.74) is 0.162. The van der Waals surface area contributed by atoms with Crippen molar-refractivity contribution in [1.29, 1.82) is 0 Å². The number of carbonyl (C=O) groups excluding carboxylic acids is 1. The first-order valence-electron chi connectivity index (χ1n) is 8.27. The van der Waals surface area contributed by atoms with Gasteiger partial charge in [0.05, 0.1) is 17.1 Å². The van der Waals surface area contributed by atoms with Gasteiger partial charge in [-0.15, -0.1) is 0 Å². The van der Waals surface area contributed by atoms with Crippen LogP contribution in [0.3, 0.4) is 0 Å². The molecular formula is C16H26N4O6. The molecule has 0 aliphatic heterocycles. The highest BCUT2D eigenvalue weighted by molar-refractivity contribution is 5.83. The van der Waals surface area contributed by atoms with E-state index in [0.717, 1.165) is 0 Å². The second-order valence-electron chi connectivity index (χ2n) is 6.96. The Balaban J connectivity index is 2.60. The second kappa shape index (κ2) is 8.75. The first kappa shape index (κ1) is 21.6. The molecule has 1 atom stereocenters. The van der Waals surface area contributed by atoms with Crippen molar-refractivity contribution in [3.05, 3.63) is 21.5 Å². The van der Waals surface area contributed by atoms with Gasteiger partial charge in [0.2, 0.25) is 5.91 Å². The van der Waals surface area contributed by atoms with Gasteiger partial charge in [-0.25, -0.2) is 4.79 Å². The third-order valence-electron chi connectivity index (χ3n) is 3.65. The Bertz CT molecular complexity index is 677. The maximum atomic E-state index is 12.0. The molecule has 1 heterocycles. The second-order valence-corrected chi connectivity index (χ2v) is 6.96. The van der Waals surface area contributed by atoms with E-state index in [1.807, 2.05) is 20.8 Å². The molecule has 0 aliphatic rings. The lowest BCUT2D eigenvalue weighted by Gasteiger charge is -2.21. The summed E-state index contributed by atoms with van der Waals surface area (Å²) in [4.78, 5) is 33.8. The quantitative estimate of drug-likeness (QED) is 0.497. The maximum Gasteiger partial charge on any atom is 0.326 e. The third kappa shape index (κ3) is 6.43. The van der Waals surface area contributed by atoms with Crippen molar-refractivity contribution in [3.8, 4) is 0 Å². The molecule has 0 bridgehead atoms. The van der Waals surface area contributed by atoms with E-state index in [2.05, 4.69) is 10.4 Å². The average Bonchev–Trinajstić information content (AvgIpc) is 2.77. The summed E-state index contributed by atoms with van der Waals surface area (Å²) >= 11 is 0. The van der Waals surface area contributed by atoms with Crippen molar-refractivity contribution < 1.29 is 24.4 Å². The Labute approximate surface area is 151 Å². The molecule has 1 amide bonds. The summed E-state index contributed by atoms with van der Waals surface area (Å²) in [6.45, 7) is 8.97. The minimum Gasteiger partial charge on any atom is -0.480 e. The number of hydrogen-bond acceptors (Lipinski definition) is 6. The number of carboxylic acids is 1. The van der Waals surface area contributed by atoms with Gasteiger partial charge < -0.3 is 15.2 Å². The molecule has 10 nitrogen and oxygen atoms in total. The van der Waals surface area contributed by atoms with E-state index >= 15 is 0 Å². The van der Waals surface area contributed by atoms with Gasteiger partial charge in [-0.3, -0.25) is 19.6 Å². The van der Waals surface area contributed by atoms with Crippen LogP contribution in [0.5, 0.6) is 0 Å². The number of nitro groups is 1. The van der Waals surface area contributed by atoms with Crippen LogP contribution in [-0.4, -0.2) is 49.9 Å². The first-order valence-corrected chi connectivity index (χ1v) is 8.27. The van der Waals surface area contributed by atoms with Crippen molar-refractivity contribution >= 4 is 17.6 Å². The van der Waals surface area contributed by atoms with Crippen molar-refractivity contribution in [2.24, 2.45) is 0 Å². The number of carboxylic acid groups (broad SMARTS) is 1. The van der Waals surface area contributed by atoms with Gasteiger partial charge in [0.15, 0.2) is 0 Å². The molecule has 1 rings (SSSR count). The Morgan fingerprint density at radius 2 is 2.00 bits per heavy atom. The SMILES string of the molecule is Cc1nn(CCC(=O)NC(CCOC(C)(C)C)C(=O)O)c(C)c1[N+](=O)[O-]. The molecule has 0 aromatic carbocycles. The van der Waals surface area contributed by atoms with Gasteiger partial charge in [0.1, 0.15) is 17.4 Å². The molecule has 1 aromatic heterocycles. The molecule has 1 aromatic rings. The Hall–Kier alpha value is -2.49. The topological polar surface area (TPSA) is 137 Å². The minimum atomic E-state index is -1.14. The van der Waals surface area contributed by atoms with Crippen LogP contribution in [0.4, 0.5) is 5.69 Å². The fourth-order valence-electron chi connectivity index (χ4n) is 2.38. The highest BCUT2D eigenvalue weighted by Gasteiger charge is 2.23. The van der Waals surface area contributed by atoms with Crippen LogP contribution < -0.4 is 5.32 Å². The molecule has 26 heavy (non-hydrogen) atoms. The van der Waals surface area contributed by atoms with E-state index in [-0.39, 0.29) is 37.4 Å². The van der Waals surface area contributed by atoms with Crippen LogP contribution in [0.1, 0.15) is 45.0 Å². The van der Waals surface area contributed by atoms with Crippen LogP contribution in [0.15, 0.2) is 0 Å². The van der Waals surface area contributed by atoms with E-state index in [1.165, 1.54) is 11.6 Å². The highest BCUT2D eigenvalue weighted by Crippen LogP contribution is 2.21. The van der Waals surface area contributed by atoms with Crippen molar-refractivity contribution in [3.63, 3.8) is 0 Å². The van der Waals surface area contributed by atoms with Gasteiger partial charge in [0, 0.05) is 19.4 Å². The predicted molar refractivity (Wildman–Crippen MR) is 92.9 cm³/mol. The van der Waals surface area contributed by atoms with E-state index < -0.39 is 28.4 Å². The predicted octanol–water partition coefficient (Wildman–Crippen LogP) is 1.57. The fourth-order valence-corrected chi connectivity index (χ4v) is 2.38. The first-order chi connectivity index (χ1) is 11.9. The molecule has 146 valence electrons. The lowest BCUT2D eigenvalue weighted by atomic mass is 10.1. The van der Waals surface area contributed by atoms with E-state index in [0.29, 0.717) is 5.69 Å². The van der Waals surface area contributed by atoms with Crippen molar-refractivity contribution in [2.75, 3.05) is 6.61 Å². The number of aliphatic carboxylic acids is 1. The van der Waals surface area contributed by atoms with Crippen molar-refractivity contribution in [1.82, 2.24) is 15.1 Å². The van der Waals surface area contributed by atoms with Crippen LogP contribution in [0, 0.1) is 24.0 Å². The molecule has 10 heteroatoms. The number of rotatable bonds is 9. The Morgan fingerprint density at radius 1 is 1.38 bits per heavy atom. The number of carbonyl (C=O) groups is 2. The summed E-state index contributed by atoms with van der Waals surface area (Å²) < 4.78 is 6.86. The third-order valence-corrected chi connectivity index (χ3v) is 3.65. The standard InChI is InChI=1S/C16H26N4O6/c1-10-14(20(24)25)11(2)19(18-10)8-6-13(21)17-12(15(22)23)7-9-26-16(3,4)5/h12H,6-9H2,1-5H3,(H,17,21)(H,22,23). The minimum absolute atomic E-state index is 0.0387. The Morgan fingerprint density at radius 3 is 2.46 bits per heavy atom. The maximum absolute atomic E-state index is 12.0. The molecule has 2 N–H and O–H groups in total. The molecule has 0 radical (unpaired) electrons. The van der Waals surface area contributed by atoms with Crippen LogP contribution in [0.2, 0.25) is 0 Å².